The fourth-order valence-corrected chi connectivity index (χ4v) is 1.98. The molecule has 1 aromatic carbocycles. The molecule has 0 saturated carbocycles. The number of aryl methyl sites for hydroxylation is 2. The smallest absolute Gasteiger partial charge is 0.336 e. The third-order valence-corrected chi connectivity index (χ3v) is 2.45. The number of carboxylic acids is 1. The lowest BCUT2D eigenvalue weighted by molar-refractivity contribution is 0.0695. The lowest BCUT2D eigenvalue weighted by Gasteiger charge is -2.10. The first-order valence-electron chi connectivity index (χ1n) is 5.25. The molecule has 0 atom stereocenters. The first-order valence-corrected chi connectivity index (χ1v) is 5.25. The second-order valence-electron chi connectivity index (χ2n) is 4.51. The number of aromatic carboxylic acids is 1. The maximum absolute atomic E-state index is 11.0. The van der Waals surface area contributed by atoms with Gasteiger partial charge in [-0.05, 0) is 42.9 Å². The maximum atomic E-state index is 11.0. The van der Waals surface area contributed by atoms with Gasteiger partial charge in [-0.3, -0.25) is 0 Å². The van der Waals surface area contributed by atoms with Crippen LogP contribution >= 0.6 is 0 Å². The Morgan fingerprint density at radius 3 is 2.07 bits per heavy atom. The molecule has 1 N–H and O–H groups in total. The van der Waals surface area contributed by atoms with Gasteiger partial charge in [-0.1, -0.05) is 26.0 Å². The van der Waals surface area contributed by atoms with E-state index in [1.807, 2.05) is 26.0 Å². The van der Waals surface area contributed by atoms with Crippen molar-refractivity contribution in [3.63, 3.8) is 0 Å². The van der Waals surface area contributed by atoms with Gasteiger partial charge in [0.25, 0.3) is 0 Å². The fourth-order valence-electron chi connectivity index (χ4n) is 1.98. The third-order valence-electron chi connectivity index (χ3n) is 2.45. The Balaban J connectivity index is 3.14. The summed E-state index contributed by atoms with van der Waals surface area (Å²) >= 11 is 0. The molecule has 0 saturated heterocycles. The summed E-state index contributed by atoms with van der Waals surface area (Å²) < 4.78 is 0. The van der Waals surface area contributed by atoms with Crippen molar-refractivity contribution in [2.24, 2.45) is 5.92 Å². The Kier molecular flexibility index (Phi) is 3.51. The zero-order chi connectivity index (χ0) is 11.6. The maximum Gasteiger partial charge on any atom is 0.336 e. The summed E-state index contributed by atoms with van der Waals surface area (Å²) in [5.41, 5.74) is 3.39. The average Bonchev–Trinajstić information content (AvgIpc) is 1.99. The Labute approximate surface area is 90.9 Å². The summed E-state index contributed by atoms with van der Waals surface area (Å²) in [7, 11) is 0. The number of carbonyl (C=O) groups is 1. The first-order chi connectivity index (χ1) is 6.91. The number of rotatable bonds is 3. The molecule has 15 heavy (non-hydrogen) atoms. The number of benzene rings is 1. The van der Waals surface area contributed by atoms with Gasteiger partial charge in [0.2, 0.25) is 0 Å². The molecule has 0 radical (unpaired) electrons. The number of carboxylic acid groups (broad SMARTS) is 1. The van der Waals surface area contributed by atoms with Gasteiger partial charge in [-0.2, -0.15) is 0 Å². The summed E-state index contributed by atoms with van der Waals surface area (Å²) in [6.07, 6.45) is 1.00. The Morgan fingerprint density at radius 2 is 1.73 bits per heavy atom. The summed E-state index contributed by atoms with van der Waals surface area (Å²) in [5, 5.41) is 9.02. The van der Waals surface area contributed by atoms with Crippen molar-refractivity contribution in [3.05, 3.63) is 34.4 Å². The Bertz CT molecular complexity index is 355. The largest absolute Gasteiger partial charge is 0.478 e. The fraction of sp³-hybridized carbons (Fsp3) is 0.462. The van der Waals surface area contributed by atoms with Gasteiger partial charge in [0.15, 0.2) is 0 Å². The highest BCUT2D eigenvalue weighted by Crippen LogP contribution is 2.18. The van der Waals surface area contributed by atoms with Gasteiger partial charge in [0, 0.05) is 0 Å². The lowest BCUT2D eigenvalue weighted by Crippen LogP contribution is -2.05. The second kappa shape index (κ2) is 4.47. The number of hydrogen-bond donors (Lipinski definition) is 1. The molecule has 0 heterocycles. The molecular weight excluding hydrogens is 188 g/mol. The molecule has 1 aromatic rings. The van der Waals surface area contributed by atoms with Crippen LogP contribution in [0.15, 0.2) is 12.1 Å². The summed E-state index contributed by atoms with van der Waals surface area (Å²) in [6, 6.07) is 3.97. The predicted molar refractivity (Wildman–Crippen MR) is 61.4 cm³/mol. The van der Waals surface area contributed by atoms with Crippen molar-refractivity contribution in [2.45, 2.75) is 34.1 Å². The van der Waals surface area contributed by atoms with Crippen LogP contribution in [0.5, 0.6) is 0 Å². The van der Waals surface area contributed by atoms with Crippen LogP contribution < -0.4 is 0 Å². The zero-order valence-corrected chi connectivity index (χ0v) is 9.79. The Hall–Kier alpha value is -1.31. The van der Waals surface area contributed by atoms with Crippen LogP contribution in [0.2, 0.25) is 0 Å². The van der Waals surface area contributed by atoms with Crippen LogP contribution in [-0.4, -0.2) is 11.1 Å². The van der Waals surface area contributed by atoms with Crippen LogP contribution in [0.3, 0.4) is 0 Å². The van der Waals surface area contributed by atoms with E-state index in [0.29, 0.717) is 11.5 Å². The normalized spacial score (nSPS) is 10.7. The van der Waals surface area contributed by atoms with E-state index in [0.717, 1.165) is 17.5 Å². The molecule has 1 rings (SSSR count). The third kappa shape index (κ3) is 2.82. The highest BCUT2D eigenvalue weighted by atomic mass is 16.4. The van der Waals surface area contributed by atoms with Crippen molar-refractivity contribution >= 4 is 5.97 Å². The molecule has 2 heteroatoms. The van der Waals surface area contributed by atoms with E-state index in [9.17, 15) is 4.79 Å². The molecule has 0 fully saturated rings. The minimum absolute atomic E-state index is 0.447. The van der Waals surface area contributed by atoms with E-state index in [-0.39, 0.29) is 0 Å². The minimum Gasteiger partial charge on any atom is -0.478 e. The van der Waals surface area contributed by atoms with E-state index in [1.165, 1.54) is 5.56 Å². The van der Waals surface area contributed by atoms with E-state index in [2.05, 4.69) is 13.8 Å². The second-order valence-corrected chi connectivity index (χ2v) is 4.51. The highest BCUT2D eigenvalue weighted by molar-refractivity contribution is 5.91. The number of hydrogen-bond acceptors (Lipinski definition) is 1. The molecule has 0 spiro atoms. The van der Waals surface area contributed by atoms with Crippen molar-refractivity contribution in [1.82, 2.24) is 0 Å². The van der Waals surface area contributed by atoms with E-state index >= 15 is 0 Å². The molecule has 0 unspecified atom stereocenters. The first kappa shape index (κ1) is 11.8. The van der Waals surface area contributed by atoms with Crippen molar-refractivity contribution < 1.29 is 9.90 Å². The SMILES string of the molecule is Cc1cc(CC(C)C)cc(C)c1C(=O)O. The van der Waals surface area contributed by atoms with E-state index < -0.39 is 5.97 Å². The quantitative estimate of drug-likeness (QED) is 0.824. The molecule has 0 aromatic heterocycles. The lowest BCUT2D eigenvalue weighted by atomic mass is 9.95. The van der Waals surface area contributed by atoms with Gasteiger partial charge < -0.3 is 5.11 Å². The zero-order valence-electron chi connectivity index (χ0n) is 9.79. The predicted octanol–water partition coefficient (Wildman–Crippen LogP) is 3.20. The van der Waals surface area contributed by atoms with Crippen molar-refractivity contribution in [2.75, 3.05) is 0 Å². The van der Waals surface area contributed by atoms with Crippen molar-refractivity contribution in [3.8, 4) is 0 Å². The average molecular weight is 206 g/mol. The highest BCUT2D eigenvalue weighted by Gasteiger charge is 2.12. The van der Waals surface area contributed by atoms with Gasteiger partial charge in [-0.15, -0.1) is 0 Å². The van der Waals surface area contributed by atoms with Crippen LogP contribution in [0, 0.1) is 19.8 Å². The molecule has 0 aliphatic rings. The molecule has 82 valence electrons. The van der Waals surface area contributed by atoms with Crippen LogP contribution in [0.1, 0.15) is 40.9 Å². The molecule has 0 amide bonds. The van der Waals surface area contributed by atoms with Crippen LogP contribution in [0.25, 0.3) is 0 Å². The van der Waals surface area contributed by atoms with Gasteiger partial charge in [0.05, 0.1) is 5.56 Å². The van der Waals surface area contributed by atoms with Gasteiger partial charge >= 0.3 is 5.97 Å². The van der Waals surface area contributed by atoms with Gasteiger partial charge in [0.1, 0.15) is 0 Å². The molecular formula is C13H18O2. The van der Waals surface area contributed by atoms with Crippen LogP contribution in [-0.2, 0) is 6.42 Å². The topological polar surface area (TPSA) is 37.3 Å². The van der Waals surface area contributed by atoms with Crippen molar-refractivity contribution in [1.29, 1.82) is 0 Å². The molecule has 0 bridgehead atoms. The molecule has 0 aliphatic heterocycles. The van der Waals surface area contributed by atoms with E-state index in [4.69, 9.17) is 5.11 Å². The van der Waals surface area contributed by atoms with E-state index in [1.54, 1.807) is 0 Å². The van der Waals surface area contributed by atoms with Crippen LogP contribution in [0.4, 0.5) is 0 Å². The summed E-state index contributed by atoms with van der Waals surface area (Å²) in [4.78, 5) is 11.0. The minimum atomic E-state index is -0.832. The monoisotopic (exact) mass is 206 g/mol. The summed E-state index contributed by atoms with van der Waals surface area (Å²) in [5.74, 6) is -0.236. The molecule has 0 aliphatic carbocycles. The summed E-state index contributed by atoms with van der Waals surface area (Å²) in [6.45, 7) is 8.05. The Morgan fingerprint density at radius 1 is 1.27 bits per heavy atom. The standard InChI is InChI=1S/C13H18O2/c1-8(2)5-11-6-9(3)12(13(14)15)10(4)7-11/h6-8H,5H2,1-4H3,(H,14,15). The molecule has 2 nitrogen and oxygen atoms in total. The van der Waals surface area contributed by atoms with Gasteiger partial charge in [-0.25, -0.2) is 4.79 Å².